The van der Waals surface area contributed by atoms with E-state index in [0.29, 0.717) is 52.8 Å². The number of halogens is 5. The SMILES string of the molecule is CCOc1ccc(NC(=O)c2ccc(Cl)c(N=NC(C(C)=O)C(=O)Nc3ccc(NC(=O)C(N=Nc4cc(C(=O)Nc5ccc(OCC)cc5C(C)Cl)ccc4Cl)C(C)=O)c(CCl)c3)c2)c(C(C)Cl)c1. The van der Waals surface area contributed by atoms with E-state index in [1.807, 2.05) is 13.8 Å². The first-order valence-electron chi connectivity index (χ1n) is 21.5. The van der Waals surface area contributed by atoms with Gasteiger partial charge in [-0.3, -0.25) is 28.8 Å². The third-order valence-corrected chi connectivity index (χ3v) is 11.4. The van der Waals surface area contributed by atoms with Gasteiger partial charge in [0, 0.05) is 39.8 Å². The largest absolute Gasteiger partial charge is 0.494 e. The molecule has 4 N–H and O–H groups in total. The Morgan fingerprint density at radius 2 is 0.986 bits per heavy atom. The summed E-state index contributed by atoms with van der Waals surface area (Å²) in [6.45, 7) is 10.4. The van der Waals surface area contributed by atoms with E-state index in [2.05, 4.69) is 41.7 Å². The Morgan fingerprint density at radius 1 is 0.557 bits per heavy atom. The normalized spacial score (nSPS) is 13.0. The van der Waals surface area contributed by atoms with Crippen LogP contribution in [0.3, 0.4) is 0 Å². The van der Waals surface area contributed by atoms with Gasteiger partial charge in [-0.1, -0.05) is 23.2 Å². The number of anilines is 4. The van der Waals surface area contributed by atoms with Crippen LogP contribution in [-0.4, -0.2) is 60.5 Å². The lowest BCUT2D eigenvalue weighted by atomic mass is 10.1. The first-order chi connectivity index (χ1) is 33.3. The van der Waals surface area contributed by atoms with Crippen molar-refractivity contribution < 1.29 is 38.2 Å². The van der Waals surface area contributed by atoms with E-state index in [1.54, 1.807) is 50.2 Å². The highest BCUT2D eigenvalue weighted by Crippen LogP contribution is 2.35. The minimum Gasteiger partial charge on any atom is -0.494 e. The Labute approximate surface area is 428 Å². The number of ether oxygens (including phenoxy) is 2. The van der Waals surface area contributed by atoms with Crippen LogP contribution in [0.1, 0.15) is 89.7 Å². The summed E-state index contributed by atoms with van der Waals surface area (Å²) < 4.78 is 11.1. The van der Waals surface area contributed by atoms with Crippen LogP contribution in [0.2, 0.25) is 10.0 Å². The molecule has 0 saturated heterocycles. The first-order valence-corrected chi connectivity index (χ1v) is 23.7. The van der Waals surface area contributed by atoms with Crippen molar-refractivity contribution in [2.24, 2.45) is 20.5 Å². The molecular formula is C49H47Cl5N8O8. The molecule has 21 heteroatoms. The number of carbonyl (C=O) groups is 6. The van der Waals surface area contributed by atoms with E-state index < -0.39 is 58.0 Å². The lowest BCUT2D eigenvalue weighted by Gasteiger charge is -2.15. The Bertz CT molecular complexity index is 2860. The molecule has 0 heterocycles. The average molecular weight is 1050 g/mol. The van der Waals surface area contributed by atoms with E-state index in [4.69, 9.17) is 67.5 Å². The maximum Gasteiger partial charge on any atom is 0.258 e. The zero-order chi connectivity index (χ0) is 51.2. The number of amides is 4. The predicted octanol–water partition coefficient (Wildman–Crippen LogP) is 13.0. The molecule has 5 aromatic carbocycles. The van der Waals surface area contributed by atoms with Gasteiger partial charge in [-0.2, -0.15) is 20.5 Å². The molecule has 0 spiro atoms. The molecule has 0 bridgehead atoms. The summed E-state index contributed by atoms with van der Waals surface area (Å²) in [4.78, 5) is 79.0. The Hall–Kier alpha value is -6.43. The van der Waals surface area contributed by atoms with Gasteiger partial charge in [0.15, 0.2) is 11.6 Å². The Balaban J connectivity index is 1.27. The van der Waals surface area contributed by atoms with Crippen LogP contribution in [0.15, 0.2) is 111 Å². The average Bonchev–Trinajstić information content (AvgIpc) is 3.31. The molecule has 0 aliphatic carbocycles. The Morgan fingerprint density at radius 3 is 1.39 bits per heavy atom. The van der Waals surface area contributed by atoms with Crippen molar-refractivity contribution in [1.82, 2.24) is 0 Å². The minimum atomic E-state index is -1.65. The van der Waals surface area contributed by atoms with Gasteiger partial charge in [-0.05, 0) is 149 Å². The molecule has 5 aromatic rings. The minimum absolute atomic E-state index is 0.00670. The molecule has 4 unspecified atom stereocenters. The summed E-state index contributed by atoms with van der Waals surface area (Å²) in [5.41, 5.74) is 3.17. The van der Waals surface area contributed by atoms with Gasteiger partial charge in [0.05, 0.1) is 34.0 Å². The molecule has 70 heavy (non-hydrogen) atoms. The van der Waals surface area contributed by atoms with Gasteiger partial charge >= 0.3 is 0 Å². The van der Waals surface area contributed by atoms with E-state index in [-0.39, 0.29) is 49.8 Å². The molecule has 0 aliphatic heterocycles. The monoisotopic (exact) mass is 1050 g/mol. The van der Waals surface area contributed by atoms with Crippen molar-refractivity contribution in [1.29, 1.82) is 0 Å². The number of azo groups is 2. The number of Topliss-reactive ketones (excluding diaryl/α,β-unsaturated/α-hetero) is 2. The smallest absolute Gasteiger partial charge is 0.258 e. The molecular weight excluding hydrogens is 1010 g/mol. The van der Waals surface area contributed by atoms with Gasteiger partial charge in [0.1, 0.15) is 22.9 Å². The third-order valence-electron chi connectivity index (χ3n) is 10.0. The lowest BCUT2D eigenvalue weighted by molar-refractivity contribution is -0.127. The molecule has 366 valence electrons. The zero-order valence-electron chi connectivity index (χ0n) is 38.5. The molecule has 0 saturated carbocycles. The molecule has 0 fully saturated rings. The maximum absolute atomic E-state index is 13.5. The van der Waals surface area contributed by atoms with E-state index in [1.165, 1.54) is 54.6 Å². The number of alkyl halides is 3. The highest BCUT2D eigenvalue weighted by Gasteiger charge is 2.27. The quantitative estimate of drug-likeness (QED) is 0.0314. The van der Waals surface area contributed by atoms with Crippen LogP contribution < -0.4 is 30.7 Å². The zero-order valence-corrected chi connectivity index (χ0v) is 42.3. The fourth-order valence-corrected chi connectivity index (χ4v) is 7.42. The fraction of sp³-hybridized carbons (Fsp3) is 0.265. The summed E-state index contributed by atoms with van der Waals surface area (Å²) in [5.74, 6) is -3.06. The van der Waals surface area contributed by atoms with Crippen LogP contribution in [0.5, 0.6) is 11.5 Å². The standard InChI is InChI=1S/C49H47Cl5N8O8/c1-7-69-33-12-17-40(35(22-33)25(3)51)57-46(65)29-9-14-37(53)42(20-29)59-61-44(27(5)63)48(67)55-32-11-16-39(31(19-32)24-50)56-49(68)45(28(6)64)62-60-43-21-30(10-15-38(43)54)47(66)58-41-18-13-34(70-8-2)23-36(41)26(4)52/h9-23,25-26,44-45H,7-8,24H2,1-6H3,(H,55,67)(H,56,68)(H,57,65)(H,58,66). The molecule has 5 rings (SSSR count). The van der Waals surface area contributed by atoms with Crippen LogP contribution >= 0.6 is 58.0 Å². The second-order valence-corrected chi connectivity index (χ2v) is 17.7. The second-order valence-electron chi connectivity index (χ2n) is 15.3. The lowest BCUT2D eigenvalue weighted by Crippen LogP contribution is -2.32. The summed E-state index contributed by atoms with van der Waals surface area (Å²) in [5, 5.41) is 26.2. The van der Waals surface area contributed by atoms with Crippen molar-refractivity contribution in [3.8, 4) is 11.5 Å². The summed E-state index contributed by atoms with van der Waals surface area (Å²) in [6, 6.07) is 19.7. The maximum atomic E-state index is 13.5. The number of benzene rings is 5. The predicted molar refractivity (Wildman–Crippen MR) is 274 cm³/mol. The van der Waals surface area contributed by atoms with Gasteiger partial charge in [-0.15, -0.1) is 34.8 Å². The molecule has 0 aliphatic rings. The second kappa shape index (κ2) is 25.4. The number of hydrogen-bond acceptors (Lipinski definition) is 12. The number of carbonyl (C=O) groups excluding carboxylic acids is 6. The van der Waals surface area contributed by atoms with Gasteiger partial charge in [-0.25, -0.2) is 0 Å². The van der Waals surface area contributed by atoms with Crippen molar-refractivity contribution in [3.05, 3.63) is 129 Å². The highest BCUT2D eigenvalue weighted by atomic mass is 35.5. The van der Waals surface area contributed by atoms with E-state index >= 15 is 0 Å². The van der Waals surface area contributed by atoms with Crippen molar-refractivity contribution in [2.45, 2.75) is 70.3 Å². The molecule has 4 atom stereocenters. The highest BCUT2D eigenvalue weighted by molar-refractivity contribution is 6.33. The van der Waals surface area contributed by atoms with Crippen molar-refractivity contribution in [3.63, 3.8) is 0 Å². The number of ketones is 2. The molecule has 16 nitrogen and oxygen atoms in total. The fourth-order valence-electron chi connectivity index (χ4n) is 6.52. The molecule has 0 radical (unpaired) electrons. The number of nitrogens with zero attached hydrogens (tertiary/aromatic N) is 4. The number of nitrogens with one attached hydrogen (secondary N) is 4. The summed E-state index contributed by atoms with van der Waals surface area (Å²) in [6.07, 6.45) is 0. The number of hydrogen-bond donors (Lipinski definition) is 4. The van der Waals surface area contributed by atoms with Gasteiger partial charge in [0.25, 0.3) is 23.6 Å². The van der Waals surface area contributed by atoms with Gasteiger partial charge in [0.2, 0.25) is 12.1 Å². The third kappa shape index (κ3) is 14.6. The molecule has 0 aromatic heterocycles. The van der Waals surface area contributed by atoms with Gasteiger partial charge < -0.3 is 30.7 Å². The first kappa shape index (κ1) is 54.5. The number of rotatable bonds is 21. The van der Waals surface area contributed by atoms with Crippen LogP contribution in [0.25, 0.3) is 0 Å². The van der Waals surface area contributed by atoms with Crippen molar-refractivity contribution >= 4 is 127 Å². The van der Waals surface area contributed by atoms with E-state index in [9.17, 15) is 28.8 Å². The summed E-state index contributed by atoms with van der Waals surface area (Å²) in [7, 11) is 0. The Kier molecular flexibility index (Phi) is 19.8. The van der Waals surface area contributed by atoms with Crippen LogP contribution in [-0.2, 0) is 25.1 Å². The van der Waals surface area contributed by atoms with Crippen molar-refractivity contribution in [2.75, 3.05) is 34.5 Å². The van der Waals surface area contributed by atoms with Crippen LogP contribution in [0, 0.1) is 0 Å². The topological polar surface area (TPSA) is 218 Å². The molecule has 4 amide bonds. The summed E-state index contributed by atoms with van der Waals surface area (Å²) >= 11 is 31.8. The van der Waals surface area contributed by atoms with Crippen LogP contribution in [0.4, 0.5) is 34.1 Å². The van der Waals surface area contributed by atoms with E-state index in [0.717, 1.165) is 13.8 Å².